The molecule has 0 atom stereocenters. The van der Waals surface area contributed by atoms with Crippen LogP contribution in [0, 0.1) is 0 Å². The van der Waals surface area contributed by atoms with E-state index < -0.39 is 27.6 Å². The predicted molar refractivity (Wildman–Crippen MR) is 115 cm³/mol. The summed E-state index contributed by atoms with van der Waals surface area (Å²) >= 11 is 0. The number of ether oxygens (including phenoxy) is 3. The van der Waals surface area contributed by atoms with Crippen molar-refractivity contribution in [2.24, 2.45) is 0 Å². The van der Waals surface area contributed by atoms with E-state index in [9.17, 15) is 18.0 Å². The largest absolute Gasteiger partial charge is 0.481 e. The van der Waals surface area contributed by atoms with Crippen LogP contribution in [0.5, 0.6) is 11.9 Å². The van der Waals surface area contributed by atoms with Crippen LogP contribution in [0.2, 0.25) is 0 Å². The number of rotatable bonds is 8. The number of aromatic nitrogens is 2. The van der Waals surface area contributed by atoms with Crippen molar-refractivity contribution in [2.75, 3.05) is 30.8 Å². The first-order valence-electron chi connectivity index (χ1n) is 9.28. The fourth-order valence-electron chi connectivity index (χ4n) is 2.24. The summed E-state index contributed by atoms with van der Waals surface area (Å²) < 4.78 is 42.5. The molecule has 0 bridgehead atoms. The molecule has 0 fully saturated rings. The number of hydrogen-bond acceptors (Lipinski definition) is 9. The Labute approximate surface area is 185 Å². The number of nitrogens with zero attached hydrogens (tertiary/aromatic N) is 2. The normalized spacial score (nSPS) is 11.3. The summed E-state index contributed by atoms with van der Waals surface area (Å²) in [6, 6.07) is 6.64. The summed E-state index contributed by atoms with van der Waals surface area (Å²) in [5, 5.41) is 4.87. The fraction of sp³-hybridized carbons (Fsp3) is 0.368. The van der Waals surface area contributed by atoms with E-state index in [1.165, 1.54) is 44.6 Å². The van der Waals surface area contributed by atoms with E-state index in [-0.39, 0.29) is 29.1 Å². The molecule has 2 amide bonds. The maximum atomic E-state index is 12.6. The highest BCUT2D eigenvalue weighted by molar-refractivity contribution is 7.92. The van der Waals surface area contributed by atoms with E-state index >= 15 is 0 Å². The number of alkyl carbamates (subject to hydrolysis) is 1. The van der Waals surface area contributed by atoms with Gasteiger partial charge in [0.15, 0.2) is 5.82 Å². The van der Waals surface area contributed by atoms with Crippen molar-refractivity contribution in [1.82, 2.24) is 15.3 Å². The van der Waals surface area contributed by atoms with Gasteiger partial charge >= 0.3 is 12.1 Å². The van der Waals surface area contributed by atoms with Gasteiger partial charge in [-0.2, -0.15) is 9.97 Å². The number of nitrogens with one attached hydrogen (secondary N) is 3. The van der Waals surface area contributed by atoms with Crippen molar-refractivity contribution in [3.8, 4) is 11.9 Å². The molecule has 0 saturated carbocycles. The SMILES string of the molecule is COc1cc(NS(=O)(=O)c2ccc(NC(=O)CNC(=O)OC(C)(C)C)cc2)nc(OC)n1. The Morgan fingerprint density at radius 2 is 1.69 bits per heavy atom. The van der Waals surface area contributed by atoms with Gasteiger partial charge in [-0.15, -0.1) is 0 Å². The van der Waals surface area contributed by atoms with E-state index in [1.807, 2.05) is 0 Å². The van der Waals surface area contributed by atoms with Crippen LogP contribution in [0.3, 0.4) is 0 Å². The zero-order valence-corrected chi connectivity index (χ0v) is 19.1. The van der Waals surface area contributed by atoms with Crippen LogP contribution in [-0.4, -0.2) is 56.8 Å². The monoisotopic (exact) mass is 467 g/mol. The van der Waals surface area contributed by atoms with Crippen molar-refractivity contribution in [2.45, 2.75) is 31.3 Å². The second-order valence-electron chi connectivity index (χ2n) is 7.32. The number of amides is 2. The molecular formula is C19H25N5O7S. The molecule has 0 spiro atoms. The van der Waals surface area contributed by atoms with Gasteiger partial charge in [0.2, 0.25) is 11.8 Å². The molecule has 12 nitrogen and oxygen atoms in total. The molecule has 1 aromatic carbocycles. The fourth-order valence-corrected chi connectivity index (χ4v) is 3.23. The summed E-state index contributed by atoms with van der Waals surface area (Å²) in [6.45, 7) is 4.80. The molecule has 0 aliphatic carbocycles. The van der Waals surface area contributed by atoms with Crippen LogP contribution >= 0.6 is 0 Å². The van der Waals surface area contributed by atoms with Crippen LogP contribution in [0.4, 0.5) is 16.3 Å². The minimum absolute atomic E-state index is 0.0423. The first-order valence-corrected chi connectivity index (χ1v) is 10.8. The summed E-state index contributed by atoms with van der Waals surface area (Å²) in [7, 11) is -1.28. The molecular weight excluding hydrogens is 442 g/mol. The lowest BCUT2D eigenvalue weighted by molar-refractivity contribution is -0.115. The van der Waals surface area contributed by atoms with Crippen molar-refractivity contribution in [3.63, 3.8) is 0 Å². The quantitative estimate of drug-likeness (QED) is 0.526. The Kier molecular flexibility index (Phi) is 7.81. The average Bonchev–Trinajstić information content (AvgIpc) is 2.70. The smallest absolute Gasteiger partial charge is 0.408 e. The number of methoxy groups -OCH3 is 2. The summed E-state index contributed by atoms with van der Waals surface area (Å²) in [5.74, 6) is -0.434. The highest BCUT2D eigenvalue weighted by Gasteiger charge is 2.18. The second-order valence-corrected chi connectivity index (χ2v) is 9.00. The second kappa shape index (κ2) is 10.1. The molecule has 174 valence electrons. The van der Waals surface area contributed by atoms with E-state index in [1.54, 1.807) is 20.8 Å². The molecule has 1 heterocycles. The summed E-state index contributed by atoms with van der Waals surface area (Å²) in [6.07, 6.45) is -0.724. The van der Waals surface area contributed by atoms with Crippen molar-refractivity contribution in [1.29, 1.82) is 0 Å². The van der Waals surface area contributed by atoms with Gasteiger partial charge in [0.05, 0.1) is 19.1 Å². The lowest BCUT2D eigenvalue weighted by Crippen LogP contribution is -2.37. The van der Waals surface area contributed by atoms with Crippen LogP contribution in [-0.2, 0) is 19.6 Å². The Morgan fingerprint density at radius 3 is 2.25 bits per heavy atom. The van der Waals surface area contributed by atoms with Crippen molar-refractivity contribution < 1.29 is 32.2 Å². The van der Waals surface area contributed by atoms with Crippen LogP contribution < -0.4 is 24.8 Å². The maximum absolute atomic E-state index is 12.6. The van der Waals surface area contributed by atoms with Gasteiger partial charge < -0.3 is 24.8 Å². The number of carbonyl (C=O) groups is 2. The molecule has 0 aliphatic heterocycles. The van der Waals surface area contributed by atoms with Gasteiger partial charge in [-0.3, -0.25) is 9.52 Å². The minimum atomic E-state index is -3.99. The van der Waals surface area contributed by atoms with E-state index in [0.717, 1.165) is 0 Å². The molecule has 0 saturated heterocycles. The number of benzene rings is 1. The minimum Gasteiger partial charge on any atom is -0.481 e. The summed E-state index contributed by atoms with van der Waals surface area (Å²) in [5.41, 5.74) is -0.344. The third-order valence-corrected chi connectivity index (χ3v) is 4.92. The van der Waals surface area contributed by atoms with Gasteiger partial charge in [-0.05, 0) is 45.0 Å². The molecule has 32 heavy (non-hydrogen) atoms. The number of carbonyl (C=O) groups excluding carboxylic acids is 2. The first kappa shape index (κ1) is 24.7. The van der Waals surface area contributed by atoms with Crippen LogP contribution in [0.15, 0.2) is 35.2 Å². The van der Waals surface area contributed by atoms with Gasteiger partial charge in [0.25, 0.3) is 10.0 Å². The zero-order valence-electron chi connectivity index (χ0n) is 18.3. The molecule has 0 unspecified atom stereocenters. The lowest BCUT2D eigenvalue weighted by atomic mass is 10.2. The summed E-state index contributed by atoms with van der Waals surface area (Å²) in [4.78, 5) is 31.3. The van der Waals surface area contributed by atoms with E-state index in [0.29, 0.717) is 5.69 Å². The van der Waals surface area contributed by atoms with Crippen LogP contribution in [0.1, 0.15) is 20.8 Å². The molecule has 0 aliphatic rings. The molecule has 3 N–H and O–H groups in total. The van der Waals surface area contributed by atoms with Crippen molar-refractivity contribution in [3.05, 3.63) is 30.3 Å². The van der Waals surface area contributed by atoms with Gasteiger partial charge in [-0.1, -0.05) is 0 Å². The zero-order chi connectivity index (χ0) is 23.9. The highest BCUT2D eigenvalue weighted by atomic mass is 32.2. The third kappa shape index (κ3) is 7.58. The van der Waals surface area contributed by atoms with Gasteiger partial charge in [0.1, 0.15) is 12.1 Å². The molecule has 1 aromatic heterocycles. The van der Waals surface area contributed by atoms with Crippen LogP contribution in [0.25, 0.3) is 0 Å². The Hall–Kier alpha value is -3.61. The Bertz CT molecular complexity index is 1040. The predicted octanol–water partition coefficient (Wildman–Crippen LogP) is 1.76. The molecule has 2 aromatic rings. The average molecular weight is 468 g/mol. The van der Waals surface area contributed by atoms with E-state index in [2.05, 4.69) is 25.3 Å². The standard InChI is InChI=1S/C19H25N5O7S/c1-19(2,3)31-18(26)20-11-15(25)21-12-6-8-13(9-7-12)32(27,28)24-14-10-16(29-4)23-17(22-14)30-5/h6-10H,11H2,1-5H3,(H,20,26)(H,21,25)(H,22,23,24). The third-order valence-electron chi connectivity index (χ3n) is 3.55. The Balaban J connectivity index is 2.00. The molecule has 13 heteroatoms. The number of hydrogen-bond donors (Lipinski definition) is 3. The Morgan fingerprint density at radius 1 is 1.03 bits per heavy atom. The van der Waals surface area contributed by atoms with Gasteiger partial charge in [-0.25, -0.2) is 13.2 Å². The maximum Gasteiger partial charge on any atom is 0.408 e. The number of anilines is 2. The highest BCUT2D eigenvalue weighted by Crippen LogP contribution is 2.21. The number of sulfonamides is 1. The lowest BCUT2D eigenvalue weighted by Gasteiger charge is -2.19. The molecule has 0 radical (unpaired) electrons. The van der Waals surface area contributed by atoms with E-state index in [4.69, 9.17) is 14.2 Å². The topological polar surface area (TPSA) is 158 Å². The van der Waals surface area contributed by atoms with Crippen molar-refractivity contribution >= 4 is 33.5 Å². The molecule has 2 rings (SSSR count). The first-order chi connectivity index (χ1) is 14.9. The van der Waals surface area contributed by atoms with Gasteiger partial charge in [0, 0.05) is 11.8 Å².